The van der Waals surface area contributed by atoms with Crippen LogP contribution in [0.25, 0.3) is 0 Å². The molecule has 0 amide bonds. The third-order valence-electron chi connectivity index (χ3n) is 5.02. The quantitative estimate of drug-likeness (QED) is 0.519. The van der Waals surface area contributed by atoms with Crippen LogP contribution in [0.2, 0.25) is 0 Å². The highest BCUT2D eigenvalue weighted by atomic mass is 15.3. The molecule has 2 heteroatoms. The van der Waals surface area contributed by atoms with E-state index in [9.17, 15) is 0 Å². The van der Waals surface area contributed by atoms with Crippen LogP contribution in [-0.2, 0) is 0 Å². The van der Waals surface area contributed by atoms with Gasteiger partial charge in [-0.3, -0.25) is 0 Å². The molecule has 2 nitrogen and oxygen atoms in total. The van der Waals surface area contributed by atoms with Gasteiger partial charge in [-0.05, 0) is 71.0 Å². The molecule has 0 saturated carbocycles. The van der Waals surface area contributed by atoms with Gasteiger partial charge in [0.05, 0.1) is 26.7 Å². The molecule has 2 rings (SSSR count). The first-order valence-corrected chi connectivity index (χ1v) is 8.34. The van der Waals surface area contributed by atoms with Crippen LogP contribution in [-0.4, -0.2) is 55.7 Å². The van der Waals surface area contributed by atoms with Crippen molar-refractivity contribution in [3.05, 3.63) is 0 Å². The predicted octanol–water partition coefficient (Wildman–Crippen LogP) is 3.27. The first kappa shape index (κ1) is 14.3. The van der Waals surface area contributed by atoms with Gasteiger partial charge in [-0.15, -0.1) is 0 Å². The van der Waals surface area contributed by atoms with Gasteiger partial charge in [-0.2, -0.15) is 0 Å². The molecule has 2 aliphatic heterocycles. The Balaban J connectivity index is 1.50. The lowest BCUT2D eigenvalue weighted by Crippen LogP contribution is -2.48. The van der Waals surface area contributed by atoms with Crippen LogP contribution in [0.15, 0.2) is 0 Å². The van der Waals surface area contributed by atoms with Gasteiger partial charge in [0.1, 0.15) is 0 Å². The molecule has 2 heterocycles. The average Bonchev–Trinajstić information content (AvgIpc) is 2.40. The van der Waals surface area contributed by atoms with E-state index in [1.807, 2.05) is 0 Å². The van der Waals surface area contributed by atoms with Crippen molar-refractivity contribution in [2.45, 2.75) is 57.8 Å². The Morgan fingerprint density at radius 3 is 2.17 bits per heavy atom. The van der Waals surface area contributed by atoms with Crippen LogP contribution in [0, 0.1) is 0 Å². The van der Waals surface area contributed by atoms with Crippen molar-refractivity contribution < 1.29 is 4.48 Å². The molecule has 0 aromatic heterocycles. The van der Waals surface area contributed by atoms with Crippen molar-refractivity contribution in [3.8, 4) is 0 Å². The van der Waals surface area contributed by atoms with Crippen LogP contribution in [0.1, 0.15) is 57.8 Å². The lowest BCUT2D eigenvalue weighted by Gasteiger charge is -2.38. The van der Waals surface area contributed by atoms with Gasteiger partial charge in [-0.1, -0.05) is 6.42 Å². The molecule has 0 unspecified atom stereocenters. The number of nitrogens with zero attached hydrogens (tertiary/aromatic N) is 2. The van der Waals surface area contributed by atoms with E-state index >= 15 is 0 Å². The molecule has 0 spiro atoms. The predicted molar refractivity (Wildman–Crippen MR) is 78.8 cm³/mol. The monoisotopic (exact) mass is 253 g/mol. The van der Waals surface area contributed by atoms with Crippen molar-refractivity contribution in [1.82, 2.24) is 4.90 Å². The minimum Gasteiger partial charge on any atom is -0.326 e. The molecule has 2 fully saturated rings. The molecule has 18 heavy (non-hydrogen) atoms. The van der Waals surface area contributed by atoms with Crippen molar-refractivity contribution in [2.24, 2.45) is 0 Å². The summed E-state index contributed by atoms with van der Waals surface area (Å²) in [6.07, 6.45) is 13.1. The maximum absolute atomic E-state index is 2.68. The van der Waals surface area contributed by atoms with Crippen LogP contribution >= 0.6 is 0 Å². The SMILES string of the molecule is C[N+]1(CCCCCN2CCCCC2)CCCCC1. The average molecular weight is 253 g/mol. The Bertz CT molecular complexity index is 215. The Morgan fingerprint density at radius 1 is 0.778 bits per heavy atom. The first-order valence-electron chi connectivity index (χ1n) is 8.34. The molecule has 0 radical (unpaired) electrons. The molecule has 0 N–H and O–H groups in total. The molecule has 2 saturated heterocycles. The highest BCUT2D eigenvalue weighted by Gasteiger charge is 2.23. The summed E-state index contributed by atoms with van der Waals surface area (Å²) in [7, 11) is 2.48. The highest BCUT2D eigenvalue weighted by molar-refractivity contribution is 4.64. The minimum absolute atomic E-state index is 1.36. The number of rotatable bonds is 6. The first-order chi connectivity index (χ1) is 8.79. The Labute approximate surface area is 114 Å². The Hall–Kier alpha value is -0.0800. The van der Waals surface area contributed by atoms with Crippen LogP contribution in [0.3, 0.4) is 0 Å². The third kappa shape index (κ3) is 4.89. The molecule has 106 valence electrons. The molecule has 0 aliphatic carbocycles. The Morgan fingerprint density at radius 2 is 1.44 bits per heavy atom. The second kappa shape index (κ2) is 7.49. The molecule has 0 atom stereocenters. The van der Waals surface area contributed by atoms with E-state index < -0.39 is 0 Å². The maximum atomic E-state index is 2.68. The van der Waals surface area contributed by atoms with Crippen LogP contribution in [0.5, 0.6) is 0 Å². The minimum atomic E-state index is 1.36. The maximum Gasteiger partial charge on any atom is 0.0784 e. The molecule has 0 aromatic carbocycles. The summed E-state index contributed by atoms with van der Waals surface area (Å²) in [4.78, 5) is 2.68. The largest absolute Gasteiger partial charge is 0.326 e. The standard InChI is InChI=1S/C16H33N2/c1-18(15-9-4-10-16-18)14-8-3-7-13-17-11-5-2-6-12-17/h2-16H2,1H3/q+1. The lowest BCUT2D eigenvalue weighted by molar-refractivity contribution is -0.914. The van der Waals surface area contributed by atoms with Gasteiger partial charge < -0.3 is 9.38 Å². The molecular weight excluding hydrogens is 220 g/mol. The van der Waals surface area contributed by atoms with Gasteiger partial charge >= 0.3 is 0 Å². The van der Waals surface area contributed by atoms with Crippen LogP contribution in [0.4, 0.5) is 0 Å². The number of quaternary nitrogens is 1. The van der Waals surface area contributed by atoms with E-state index in [1.165, 1.54) is 102 Å². The van der Waals surface area contributed by atoms with Crippen molar-refractivity contribution in [3.63, 3.8) is 0 Å². The van der Waals surface area contributed by atoms with E-state index in [-0.39, 0.29) is 0 Å². The van der Waals surface area contributed by atoms with E-state index in [4.69, 9.17) is 0 Å². The van der Waals surface area contributed by atoms with Gasteiger partial charge in [0.25, 0.3) is 0 Å². The number of hydrogen-bond acceptors (Lipinski definition) is 1. The van der Waals surface area contributed by atoms with Gasteiger partial charge in [0.15, 0.2) is 0 Å². The third-order valence-corrected chi connectivity index (χ3v) is 5.02. The normalized spacial score (nSPS) is 25.2. The number of hydrogen-bond donors (Lipinski definition) is 0. The van der Waals surface area contributed by atoms with Crippen LogP contribution < -0.4 is 0 Å². The van der Waals surface area contributed by atoms with Crippen molar-refractivity contribution >= 4 is 0 Å². The highest BCUT2D eigenvalue weighted by Crippen LogP contribution is 2.17. The zero-order chi connectivity index (χ0) is 12.7. The number of likely N-dealkylation sites (tertiary alicyclic amines) is 2. The second-order valence-electron chi connectivity index (χ2n) is 6.81. The number of piperidine rings is 2. The molecule has 0 bridgehead atoms. The summed E-state index contributed by atoms with van der Waals surface area (Å²) >= 11 is 0. The fourth-order valence-electron chi connectivity index (χ4n) is 3.69. The summed E-state index contributed by atoms with van der Waals surface area (Å²) < 4.78 is 1.36. The molecular formula is C16H33N2+. The van der Waals surface area contributed by atoms with Crippen molar-refractivity contribution in [2.75, 3.05) is 46.3 Å². The Kier molecular flexibility index (Phi) is 5.97. The van der Waals surface area contributed by atoms with Crippen molar-refractivity contribution in [1.29, 1.82) is 0 Å². The fraction of sp³-hybridized carbons (Fsp3) is 1.00. The topological polar surface area (TPSA) is 3.24 Å². The van der Waals surface area contributed by atoms with Gasteiger partial charge in [0, 0.05) is 0 Å². The summed E-state index contributed by atoms with van der Waals surface area (Å²) in [5.41, 5.74) is 0. The summed E-state index contributed by atoms with van der Waals surface area (Å²) in [5, 5.41) is 0. The zero-order valence-corrected chi connectivity index (χ0v) is 12.5. The molecule has 0 aromatic rings. The lowest BCUT2D eigenvalue weighted by atomic mass is 10.1. The zero-order valence-electron chi connectivity index (χ0n) is 12.5. The van der Waals surface area contributed by atoms with Gasteiger partial charge in [-0.25, -0.2) is 0 Å². The number of unbranched alkanes of at least 4 members (excludes halogenated alkanes) is 2. The summed E-state index contributed by atoms with van der Waals surface area (Å²) in [5.74, 6) is 0. The van der Waals surface area contributed by atoms with E-state index in [2.05, 4.69) is 11.9 Å². The second-order valence-corrected chi connectivity index (χ2v) is 6.81. The van der Waals surface area contributed by atoms with Gasteiger partial charge in [0.2, 0.25) is 0 Å². The summed E-state index contributed by atoms with van der Waals surface area (Å²) in [6.45, 7) is 8.41. The fourth-order valence-corrected chi connectivity index (χ4v) is 3.69. The van der Waals surface area contributed by atoms with E-state index in [0.717, 1.165) is 0 Å². The molecule has 2 aliphatic rings. The summed E-state index contributed by atoms with van der Waals surface area (Å²) in [6, 6.07) is 0. The smallest absolute Gasteiger partial charge is 0.0784 e. The van der Waals surface area contributed by atoms with E-state index in [0.29, 0.717) is 0 Å². The van der Waals surface area contributed by atoms with E-state index in [1.54, 1.807) is 0 Å².